The van der Waals surface area contributed by atoms with Crippen LogP contribution in [0.5, 0.6) is 0 Å². The lowest BCUT2D eigenvalue weighted by Crippen LogP contribution is -2.43. The van der Waals surface area contributed by atoms with E-state index in [0.717, 1.165) is 12.8 Å². The highest BCUT2D eigenvalue weighted by atomic mass is 35.5. The monoisotopic (exact) mass is 577 g/mol. The fraction of sp³-hybridized carbons (Fsp3) is 0.684. The highest BCUT2D eigenvalue weighted by Gasteiger charge is 2.52. The zero-order valence-corrected chi connectivity index (χ0v) is 21.6. The average molecular weight is 578 g/mol. The lowest BCUT2D eigenvalue weighted by atomic mass is 9.85. The van der Waals surface area contributed by atoms with Crippen LogP contribution in [-0.2, 0) is 14.0 Å². The summed E-state index contributed by atoms with van der Waals surface area (Å²) in [5.41, 5.74) is 7.25. The molecule has 2 aromatic rings. The molecule has 2 aliphatic rings. The third kappa shape index (κ3) is 5.52. The molecule has 1 saturated carbocycles. The normalized spacial score (nSPS) is 26.3. The Bertz CT molecular complexity index is 1240. The smallest absolute Gasteiger partial charge is 0.359 e. The number of hydrazone groups is 1. The van der Waals surface area contributed by atoms with Crippen LogP contribution in [-0.4, -0.2) is 94.1 Å². The third-order valence-electron chi connectivity index (χ3n) is 6.79. The summed E-state index contributed by atoms with van der Waals surface area (Å²) in [7, 11) is -5.21. The number of aliphatic hydroxyl groups excluding tert-OH is 3. The van der Waals surface area contributed by atoms with Crippen LogP contribution in [0.1, 0.15) is 31.9 Å². The Morgan fingerprint density at radius 3 is 2.68 bits per heavy atom. The second kappa shape index (κ2) is 11.4. The lowest BCUT2D eigenvalue weighted by Gasteiger charge is -2.33. The lowest BCUT2D eigenvalue weighted by molar-refractivity contribution is -0.107. The van der Waals surface area contributed by atoms with E-state index in [2.05, 4.69) is 30.6 Å². The Labute approximate surface area is 220 Å². The van der Waals surface area contributed by atoms with Crippen molar-refractivity contribution in [3.8, 4) is 0 Å². The number of fused-ring (bicyclic) bond motifs is 1. The van der Waals surface area contributed by atoms with E-state index in [1.807, 2.05) is 0 Å². The largest absolute Gasteiger partial charge is 0.393 e. The van der Waals surface area contributed by atoms with Crippen molar-refractivity contribution in [2.45, 2.75) is 55.6 Å². The van der Waals surface area contributed by atoms with Crippen LogP contribution in [0.15, 0.2) is 16.4 Å². The van der Waals surface area contributed by atoms with E-state index in [1.165, 1.54) is 17.3 Å². The molecular weight excluding hydrogens is 549 g/mol. The predicted molar refractivity (Wildman–Crippen MR) is 131 cm³/mol. The summed E-state index contributed by atoms with van der Waals surface area (Å²) < 4.78 is 24.5. The van der Waals surface area contributed by atoms with Crippen LogP contribution in [0, 0.1) is 11.4 Å². The molecule has 3 heterocycles. The van der Waals surface area contributed by atoms with Crippen LogP contribution in [0.25, 0.3) is 11.0 Å². The van der Waals surface area contributed by atoms with Gasteiger partial charge >= 0.3 is 7.60 Å². The molecule has 2 aromatic heterocycles. The number of hydrogen-bond donors (Lipinski definition) is 8. The number of anilines is 1. The van der Waals surface area contributed by atoms with E-state index in [1.54, 1.807) is 0 Å². The van der Waals surface area contributed by atoms with Gasteiger partial charge < -0.3 is 45.7 Å². The van der Waals surface area contributed by atoms with Crippen molar-refractivity contribution in [3.05, 3.63) is 11.5 Å². The quantitative estimate of drug-likeness (QED) is 0.0329. The van der Waals surface area contributed by atoms with Gasteiger partial charge in [0.15, 0.2) is 23.1 Å². The van der Waals surface area contributed by atoms with Gasteiger partial charge in [-0.3, -0.25) is 4.57 Å². The number of amidine groups is 1. The summed E-state index contributed by atoms with van der Waals surface area (Å²) in [6.07, 6.45) is -1.63. The fourth-order valence-corrected chi connectivity index (χ4v) is 5.20. The van der Waals surface area contributed by atoms with E-state index < -0.39 is 62.9 Å². The predicted octanol–water partition coefficient (Wildman–Crippen LogP) is -0.113. The minimum Gasteiger partial charge on any atom is -0.393 e. The molecule has 0 spiro atoms. The van der Waals surface area contributed by atoms with Gasteiger partial charge in [-0.2, -0.15) is 20.2 Å². The maximum absolute atomic E-state index is 12.2. The molecule has 19 heteroatoms. The Morgan fingerprint density at radius 1 is 1.37 bits per heavy atom. The minimum atomic E-state index is -5.21. The van der Waals surface area contributed by atoms with Crippen LogP contribution in [0.3, 0.4) is 0 Å². The van der Waals surface area contributed by atoms with E-state index in [9.17, 15) is 29.7 Å². The number of aromatic nitrogens is 4. The maximum atomic E-state index is 12.2. The van der Waals surface area contributed by atoms with Gasteiger partial charge in [-0.05, 0) is 30.4 Å². The molecule has 0 bridgehead atoms. The van der Waals surface area contributed by atoms with Crippen LogP contribution >= 0.6 is 19.2 Å². The fourth-order valence-electron chi connectivity index (χ4n) is 4.26. The van der Waals surface area contributed by atoms with Gasteiger partial charge in [-0.1, -0.05) is 6.42 Å². The first kappa shape index (κ1) is 28.7. The molecule has 1 aliphatic heterocycles. The molecule has 1 unspecified atom stereocenters. The summed E-state index contributed by atoms with van der Waals surface area (Å²) in [5, 5.41) is 42.6. The van der Waals surface area contributed by atoms with Crippen molar-refractivity contribution in [2.24, 2.45) is 22.0 Å². The van der Waals surface area contributed by atoms with Crippen LogP contribution in [0.2, 0.25) is 5.28 Å². The molecule has 1 saturated heterocycles. The molecule has 5 atom stereocenters. The van der Waals surface area contributed by atoms with Crippen molar-refractivity contribution < 1.29 is 39.1 Å². The summed E-state index contributed by atoms with van der Waals surface area (Å²) in [6.45, 7) is -1.18. The summed E-state index contributed by atoms with van der Waals surface area (Å²) in [4.78, 5) is 28.1. The van der Waals surface area contributed by atoms with Gasteiger partial charge in [0.1, 0.15) is 24.1 Å². The van der Waals surface area contributed by atoms with E-state index in [-0.39, 0.29) is 10.9 Å². The van der Waals surface area contributed by atoms with Crippen LogP contribution in [0.4, 0.5) is 5.82 Å². The zero-order chi connectivity index (χ0) is 27.7. The molecule has 0 radical (unpaired) electrons. The van der Waals surface area contributed by atoms with Gasteiger partial charge in [0, 0.05) is 6.54 Å². The molecule has 17 nitrogen and oxygen atoms in total. The van der Waals surface area contributed by atoms with Gasteiger partial charge in [-0.25, -0.2) is 10.2 Å². The van der Waals surface area contributed by atoms with Gasteiger partial charge in [-0.15, -0.1) is 5.11 Å². The topological polar surface area (TPSA) is 267 Å². The maximum Gasteiger partial charge on any atom is 0.359 e. The number of nitrogens with zero attached hydrogens (tertiary/aromatic N) is 6. The number of aliphatic hydroxyl groups is 3. The molecule has 0 aromatic carbocycles. The first-order valence-corrected chi connectivity index (χ1v) is 13.6. The molecule has 2 fully saturated rings. The number of halogens is 1. The molecule has 4 rings (SSSR count). The summed E-state index contributed by atoms with van der Waals surface area (Å²) >= 11 is 6.13. The Balaban J connectivity index is 1.54. The zero-order valence-electron chi connectivity index (χ0n) is 20.0. The second-order valence-corrected chi connectivity index (χ2v) is 11.4. The molecule has 210 valence electrons. The van der Waals surface area contributed by atoms with Crippen molar-refractivity contribution >= 4 is 41.9 Å². The highest BCUT2D eigenvalue weighted by Crippen LogP contribution is 2.53. The number of rotatable bonds is 11. The SMILES string of the molecule is N=N/C(CC(CO)(OC[C@H]1O[C@@H](n2ncc3c(NCC4CCC4)nc(Cl)nc32)[C@H](O)[C@@H]1O)P(=O)(O)O)=N\N. The van der Waals surface area contributed by atoms with Crippen molar-refractivity contribution in [1.82, 2.24) is 19.7 Å². The van der Waals surface area contributed by atoms with E-state index in [0.29, 0.717) is 23.7 Å². The Hall–Kier alpha value is -2.34. The van der Waals surface area contributed by atoms with Crippen molar-refractivity contribution in [1.29, 1.82) is 5.53 Å². The molecule has 0 amide bonds. The Kier molecular flexibility index (Phi) is 8.61. The van der Waals surface area contributed by atoms with Crippen molar-refractivity contribution in [3.63, 3.8) is 0 Å². The van der Waals surface area contributed by atoms with Gasteiger partial charge in [0.25, 0.3) is 0 Å². The first-order valence-electron chi connectivity index (χ1n) is 11.6. The van der Waals surface area contributed by atoms with E-state index >= 15 is 0 Å². The molecule has 9 N–H and O–H groups in total. The standard InChI is InChI=1S/C19H29ClN9O8P/c20-18-25-15(23-5-9-2-1-3-9)10-6-24-29(16(10)26-18)17-14(32)13(31)11(37-17)7-36-19(8-30,38(33,34)35)4-12(27-21)28-22/h6,9,11,13-14,17,21,30-32H,1-5,7-8,22H2,(H,23,25,26)(H2,33,34,35)/b27-21?,28-12-/t11-,13-,14-,17-,19?/m1/s1. The number of nitrogens with one attached hydrogen (secondary N) is 2. The summed E-state index contributed by atoms with van der Waals surface area (Å²) in [6, 6.07) is 0. The number of nitrogens with two attached hydrogens (primary N) is 1. The van der Waals surface area contributed by atoms with Crippen molar-refractivity contribution in [2.75, 3.05) is 25.1 Å². The number of ether oxygens (including phenoxy) is 2. The van der Waals surface area contributed by atoms with Gasteiger partial charge in [0.2, 0.25) is 5.28 Å². The molecule has 1 aliphatic carbocycles. The van der Waals surface area contributed by atoms with Gasteiger partial charge in [0.05, 0.1) is 31.2 Å². The average Bonchev–Trinajstić information content (AvgIpc) is 3.38. The second-order valence-electron chi connectivity index (χ2n) is 9.19. The summed E-state index contributed by atoms with van der Waals surface area (Å²) in [5.74, 6) is 5.57. The molecule has 38 heavy (non-hydrogen) atoms. The Morgan fingerprint density at radius 2 is 2.11 bits per heavy atom. The van der Waals surface area contributed by atoms with Crippen LogP contribution < -0.4 is 11.2 Å². The number of hydrogen-bond acceptors (Lipinski definition) is 13. The third-order valence-corrected chi connectivity index (χ3v) is 8.45. The minimum absolute atomic E-state index is 0.0742. The highest BCUT2D eigenvalue weighted by molar-refractivity contribution is 7.53. The van der Waals surface area contributed by atoms with E-state index in [4.69, 9.17) is 32.4 Å². The molecular formula is C19H29ClN9O8P. The first-order chi connectivity index (χ1) is 18.0.